The lowest BCUT2D eigenvalue weighted by Gasteiger charge is -2.39. The van der Waals surface area contributed by atoms with E-state index in [0.29, 0.717) is 6.54 Å². The molecule has 0 radical (unpaired) electrons. The van der Waals surface area contributed by atoms with Crippen LogP contribution in [0.2, 0.25) is 0 Å². The summed E-state index contributed by atoms with van der Waals surface area (Å²) in [5.74, 6) is 0.992. The molecule has 5 nitrogen and oxygen atoms in total. The molecular formula is C12H25N5. The zero-order valence-corrected chi connectivity index (χ0v) is 11.5. The fourth-order valence-corrected chi connectivity index (χ4v) is 1.94. The van der Waals surface area contributed by atoms with Crippen molar-refractivity contribution >= 4 is 0 Å². The molecule has 1 atom stereocenters. The van der Waals surface area contributed by atoms with Crippen LogP contribution < -0.4 is 5.73 Å². The van der Waals surface area contributed by atoms with Crippen molar-refractivity contribution in [2.75, 3.05) is 13.1 Å². The summed E-state index contributed by atoms with van der Waals surface area (Å²) >= 11 is 0. The lowest BCUT2D eigenvalue weighted by molar-refractivity contribution is 0.0929. The highest BCUT2D eigenvalue weighted by molar-refractivity contribution is 4.91. The van der Waals surface area contributed by atoms with E-state index in [1.165, 1.54) is 0 Å². The van der Waals surface area contributed by atoms with E-state index < -0.39 is 0 Å². The van der Waals surface area contributed by atoms with Gasteiger partial charge < -0.3 is 5.73 Å². The fourth-order valence-electron chi connectivity index (χ4n) is 1.94. The molecule has 0 saturated heterocycles. The van der Waals surface area contributed by atoms with Gasteiger partial charge in [-0.2, -0.15) is 5.10 Å². The van der Waals surface area contributed by atoms with Gasteiger partial charge in [0.1, 0.15) is 12.2 Å². The molecule has 1 aromatic heterocycles. The molecule has 1 rings (SSSR count). The molecule has 0 aromatic carbocycles. The van der Waals surface area contributed by atoms with E-state index in [4.69, 9.17) is 5.73 Å². The Labute approximate surface area is 104 Å². The summed E-state index contributed by atoms with van der Waals surface area (Å²) in [7, 11) is 1.93. The van der Waals surface area contributed by atoms with Crippen LogP contribution in [-0.4, -0.2) is 38.3 Å². The van der Waals surface area contributed by atoms with Gasteiger partial charge in [0.05, 0.1) is 6.54 Å². The Morgan fingerprint density at radius 2 is 2.18 bits per heavy atom. The second-order valence-electron chi connectivity index (χ2n) is 4.78. The van der Waals surface area contributed by atoms with Crippen molar-refractivity contribution < 1.29 is 0 Å². The predicted molar refractivity (Wildman–Crippen MR) is 69.5 cm³/mol. The van der Waals surface area contributed by atoms with Crippen molar-refractivity contribution in [3.63, 3.8) is 0 Å². The summed E-state index contributed by atoms with van der Waals surface area (Å²) in [5, 5.41) is 4.11. The van der Waals surface area contributed by atoms with Gasteiger partial charge in [-0.05, 0) is 26.3 Å². The van der Waals surface area contributed by atoms with Crippen molar-refractivity contribution in [2.24, 2.45) is 12.8 Å². The topological polar surface area (TPSA) is 60.0 Å². The van der Waals surface area contributed by atoms with Gasteiger partial charge in [-0.25, -0.2) is 4.98 Å². The Bertz CT molecular complexity index is 329. The van der Waals surface area contributed by atoms with Gasteiger partial charge in [0, 0.05) is 19.1 Å². The first-order chi connectivity index (χ1) is 8.07. The zero-order valence-electron chi connectivity index (χ0n) is 11.5. The molecule has 1 heterocycles. The first kappa shape index (κ1) is 14.1. The molecule has 0 bridgehead atoms. The third kappa shape index (κ3) is 3.26. The number of aryl methyl sites for hydroxylation is 1. The molecule has 0 spiro atoms. The van der Waals surface area contributed by atoms with E-state index in [-0.39, 0.29) is 5.54 Å². The second-order valence-corrected chi connectivity index (χ2v) is 4.78. The van der Waals surface area contributed by atoms with Gasteiger partial charge >= 0.3 is 0 Å². The Morgan fingerprint density at radius 1 is 1.47 bits per heavy atom. The van der Waals surface area contributed by atoms with Gasteiger partial charge in [0.25, 0.3) is 0 Å². The molecule has 1 aromatic rings. The van der Waals surface area contributed by atoms with Gasteiger partial charge in [-0.1, -0.05) is 13.8 Å². The molecular weight excluding hydrogens is 214 g/mol. The van der Waals surface area contributed by atoms with Crippen LogP contribution in [-0.2, 0) is 13.6 Å². The second kappa shape index (κ2) is 6.12. The Hall–Kier alpha value is -0.940. The van der Waals surface area contributed by atoms with E-state index in [1.807, 2.05) is 11.7 Å². The molecule has 2 N–H and O–H groups in total. The van der Waals surface area contributed by atoms with Crippen LogP contribution in [0.15, 0.2) is 6.33 Å². The number of hydrogen-bond donors (Lipinski definition) is 1. The van der Waals surface area contributed by atoms with E-state index in [1.54, 1.807) is 6.33 Å². The molecule has 1 unspecified atom stereocenters. The summed E-state index contributed by atoms with van der Waals surface area (Å²) < 4.78 is 1.83. The van der Waals surface area contributed by atoms with Crippen LogP contribution >= 0.6 is 0 Å². The lowest BCUT2D eigenvalue weighted by atomic mass is 9.96. The molecule has 0 aliphatic carbocycles. The van der Waals surface area contributed by atoms with Crippen molar-refractivity contribution in [3.05, 3.63) is 12.2 Å². The first-order valence-corrected chi connectivity index (χ1v) is 6.35. The quantitative estimate of drug-likeness (QED) is 0.775. The molecule has 5 heteroatoms. The smallest absolute Gasteiger partial charge is 0.140 e. The van der Waals surface area contributed by atoms with Gasteiger partial charge in [0.2, 0.25) is 0 Å². The molecule has 0 fully saturated rings. The normalized spacial score (nSPS) is 15.2. The highest BCUT2D eigenvalue weighted by Crippen LogP contribution is 2.20. The SMILES string of the molecule is CCCN(Cc1ncnn1C)C(C)(CC)CN. The Morgan fingerprint density at radius 3 is 2.59 bits per heavy atom. The van der Waals surface area contributed by atoms with Gasteiger partial charge in [-0.15, -0.1) is 0 Å². The maximum atomic E-state index is 5.93. The van der Waals surface area contributed by atoms with Crippen molar-refractivity contribution in [1.29, 1.82) is 0 Å². The Kier molecular flexibility index (Phi) is 5.08. The number of nitrogens with two attached hydrogens (primary N) is 1. The lowest BCUT2D eigenvalue weighted by Crippen LogP contribution is -2.51. The molecule has 0 saturated carbocycles. The Balaban J connectivity index is 2.82. The third-order valence-corrected chi connectivity index (χ3v) is 3.60. The number of aromatic nitrogens is 3. The zero-order chi connectivity index (χ0) is 12.9. The average molecular weight is 239 g/mol. The minimum Gasteiger partial charge on any atom is -0.329 e. The fraction of sp³-hybridized carbons (Fsp3) is 0.833. The van der Waals surface area contributed by atoms with Crippen molar-refractivity contribution in [2.45, 2.75) is 45.7 Å². The van der Waals surface area contributed by atoms with Crippen molar-refractivity contribution in [1.82, 2.24) is 19.7 Å². The number of hydrogen-bond acceptors (Lipinski definition) is 4. The standard InChI is InChI=1S/C12H25N5/c1-5-7-17(12(3,6-2)9-13)8-11-14-10-15-16(11)4/h10H,5-9,13H2,1-4H3. The maximum absolute atomic E-state index is 5.93. The summed E-state index contributed by atoms with van der Waals surface area (Å²) in [6.07, 6.45) is 3.76. The molecule has 0 amide bonds. The van der Waals surface area contributed by atoms with Crippen LogP contribution in [0, 0.1) is 0 Å². The first-order valence-electron chi connectivity index (χ1n) is 6.35. The van der Waals surface area contributed by atoms with Crippen LogP contribution in [0.25, 0.3) is 0 Å². The minimum atomic E-state index is 0.0436. The number of rotatable bonds is 7. The summed E-state index contributed by atoms with van der Waals surface area (Å²) in [4.78, 5) is 6.70. The van der Waals surface area contributed by atoms with E-state index >= 15 is 0 Å². The minimum absolute atomic E-state index is 0.0436. The molecule has 0 aliphatic heterocycles. The van der Waals surface area contributed by atoms with Crippen LogP contribution in [0.5, 0.6) is 0 Å². The van der Waals surface area contributed by atoms with E-state index in [2.05, 4.69) is 35.8 Å². The van der Waals surface area contributed by atoms with Gasteiger partial charge in [-0.3, -0.25) is 9.58 Å². The number of nitrogens with zero attached hydrogens (tertiary/aromatic N) is 4. The highest BCUT2D eigenvalue weighted by atomic mass is 15.3. The predicted octanol–water partition coefficient (Wildman–Crippen LogP) is 1.15. The van der Waals surface area contributed by atoms with Crippen LogP contribution in [0.3, 0.4) is 0 Å². The van der Waals surface area contributed by atoms with Gasteiger partial charge in [0.15, 0.2) is 0 Å². The van der Waals surface area contributed by atoms with Crippen LogP contribution in [0.1, 0.15) is 39.4 Å². The van der Waals surface area contributed by atoms with Crippen LogP contribution in [0.4, 0.5) is 0 Å². The summed E-state index contributed by atoms with van der Waals surface area (Å²) in [6.45, 7) is 9.11. The maximum Gasteiger partial charge on any atom is 0.140 e. The molecule has 0 aliphatic rings. The monoisotopic (exact) mass is 239 g/mol. The summed E-state index contributed by atoms with van der Waals surface area (Å²) in [5.41, 5.74) is 5.97. The highest BCUT2D eigenvalue weighted by Gasteiger charge is 2.28. The largest absolute Gasteiger partial charge is 0.329 e. The third-order valence-electron chi connectivity index (χ3n) is 3.60. The van der Waals surface area contributed by atoms with Crippen molar-refractivity contribution in [3.8, 4) is 0 Å². The average Bonchev–Trinajstić information content (AvgIpc) is 2.73. The van der Waals surface area contributed by atoms with E-state index in [9.17, 15) is 0 Å². The van der Waals surface area contributed by atoms with E-state index in [0.717, 1.165) is 31.8 Å². The molecule has 98 valence electrons. The summed E-state index contributed by atoms with van der Waals surface area (Å²) in [6, 6.07) is 0. The molecule has 17 heavy (non-hydrogen) atoms.